The molecule has 1 aromatic rings. The predicted octanol–water partition coefficient (Wildman–Crippen LogP) is 2.55. The van der Waals surface area contributed by atoms with Gasteiger partial charge in [-0.25, -0.2) is 0 Å². The molecule has 0 saturated heterocycles. The van der Waals surface area contributed by atoms with Gasteiger partial charge in [-0.15, -0.1) is 0 Å². The molecular weight excluding hydrogens is 179 g/mol. The molecule has 0 aliphatic carbocycles. The van der Waals surface area contributed by atoms with Gasteiger partial charge < -0.3 is 0 Å². The molecule has 0 spiro atoms. The highest BCUT2D eigenvalue weighted by Crippen LogP contribution is 2.27. The van der Waals surface area contributed by atoms with Crippen molar-refractivity contribution in [1.82, 2.24) is 4.98 Å². The molecular formula is C6H2ClF3N. The minimum Gasteiger partial charge on any atom is -0.251 e. The Balaban J connectivity index is 3.06. The molecule has 59 valence electrons. The highest BCUT2D eigenvalue weighted by molar-refractivity contribution is 6.30. The van der Waals surface area contributed by atoms with Crippen molar-refractivity contribution in [2.75, 3.05) is 0 Å². The molecule has 5 heteroatoms. The minimum atomic E-state index is -4.47. The molecule has 11 heavy (non-hydrogen) atoms. The minimum absolute atomic E-state index is 0.0904. The summed E-state index contributed by atoms with van der Waals surface area (Å²) < 4.78 is 35.4. The van der Waals surface area contributed by atoms with E-state index in [1.165, 1.54) is 6.07 Å². The van der Waals surface area contributed by atoms with Gasteiger partial charge in [-0.2, -0.15) is 13.2 Å². The maximum atomic E-state index is 11.8. The van der Waals surface area contributed by atoms with Crippen LogP contribution in [0.2, 0.25) is 5.02 Å². The van der Waals surface area contributed by atoms with E-state index in [9.17, 15) is 13.2 Å². The van der Waals surface area contributed by atoms with Crippen molar-refractivity contribution in [2.45, 2.75) is 6.18 Å². The monoisotopic (exact) mass is 180 g/mol. The summed E-state index contributed by atoms with van der Waals surface area (Å²) >= 11 is 5.26. The lowest BCUT2D eigenvalue weighted by atomic mass is 10.3. The smallest absolute Gasteiger partial charge is 0.251 e. The average molecular weight is 181 g/mol. The standard InChI is InChI=1S/C6H2ClF3N/c7-4-1-2-11-5(3-4)6(8,9)10/h1-2H. The SMILES string of the molecule is FC(F)(F)c1[c]c(Cl)ccn1. The van der Waals surface area contributed by atoms with Crippen LogP contribution in [0.1, 0.15) is 5.69 Å². The molecule has 0 aromatic carbocycles. The van der Waals surface area contributed by atoms with E-state index < -0.39 is 11.9 Å². The van der Waals surface area contributed by atoms with Crippen LogP contribution >= 0.6 is 11.6 Å². The van der Waals surface area contributed by atoms with Gasteiger partial charge in [0.1, 0.15) is 0 Å². The van der Waals surface area contributed by atoms with Crippen molar-refractivity contribution < 1.29 is 13.2 Å². The number of pyridine rings is 1. The number of alkyl halides is 3. The fourth-order valence-electron chi connectivity index (χ4n) is 0.508. The number of aromatic nitrogens is 1. The Bertz CT molecular complexity index is 258. The number of hydrogen-bond donors (Lipinski definition) is 0. The van der Waals surface area contributed by atoms with E-state index in [1.807, 2.05) is 6.07 Å². The van der Waals surface area contributed by atoms with Crippen molar-refractivity contribution in [1.29, 1.82) is 0 Å². The van der Waals surface area contributed by atoms with Gasteiger partial charge in [-0.3, -0.25) is 4.98 Å². The van der Waals surface area contributed by atoms with Crippen molar-refractivity contribution in [3.63, 3.8) is 0 Å². The quantitative estimate of drug-likeness (QED) is 0.598. The lowest BCUT2D eigenvalue weighted by Gasteiger charge is -2.03. The Morgan fingerprint density at radius 2 is 2.09 bits per heavy atom. The molecule has 0 unspecified atom stereocenters. The summed E-state index contributed by atoms with van der Waals surface area (Å²) in [6, 6.07) is 3.11. The first-order valence-corrected chi connectivity index (χ1v) is 2.99. The zero-order valence-electron chi connectivity index (χ0n) is 5.11. The number of nitrogens with zero attached hydrogens (tertiary/aromatic N) is 1. The molecule has 0 aliphatic rings. The van der Waals surface area contributed by atoms with Crippen LogP contribution in [0.4, 0.5) is 13.2 Å². The van der Waals surface area contributed by atoms with Gasteiger partial charge in [0.2, 0.25) is 0 Å². The van der Waals surface area contributed by atoms with Crippen molar-refractivity contribution in [3.05, 3.63) is 29.0 Å². The zero-order chi connectivity index (χ0) is 8.48. The summed E-state index contributed by atoms with van der Waals surface area (Å²) in [5.74, 6) is 0. The molecule has 0 aliphatic heterocycles. The van der Waals surface area contributed by atoms with Crippen LogP contribution in [0.5, 0.6) is 0 Å². The molecule has 1 rings (SSSR count). The van der Waals surface area contributed by atoms with Crippen LogP contribution in [0, 0.1) is 6.07 Å². The fraction of sp³-hybridized carbons (Fsp3) is 0.167. The second kappa shape index (κ2) is 2.70. The van der Waals surface area contributed by atoms with Crippen molar-refractivity contribution >= 4 is 11.6 Å². The van der Waals surface area contributed by atoms with Gasteiger partial charge >= 0.3 is 6.18 Å². The summed E-state index contributed by atoms with van der Waals surface area (Å²) in [4.78, 5) is 3.05. The van der Waals surface area contributed by atoms with E-state index in [0.717, 1.165) is 6.20 Å². The van der Waals surface area contributed by atoms with E-state index in [1.54, 1.807) is 0 Å². The van der Waals surface area contributed by atoms with Crippen LogP contribution in [0.15, 0.2) is 12.3 Å². The van der Waals surface area contributed by atoms with Gasteiger partial charge in [0.05, 0.1) is 5.02 Å². The molecule has 0 fully saturated rings. The molecule has 0 N–H and O–H groups in total. The van der Waals surface area contributed by atoms with E-state index in [4.69, 9.17) is 11.6 Å². The molecule has 1 radical (unpaired) electrons. The summed E-state index contributed by atoms with van der Waals surface area (Å²) in [7, 11) is 0. The van der Waals surface area contributed by atoms with Gasteiger partial charge in [0, 0.05) is 12.3 Å². The van der Waals surface area contributed by atoms with E-state index in [2.05, 4.69) is 4.98 Å². The summed E-state index contributed by atoms with van der Waals surface area (Å²) in [5.41, 5.74) is -1.09. The van der Waals surface area contributed by atoms with Crippen molar-refractivity contribution in [3.8, 4) is 0 Å². The van der Waals surface area contributed by atoms with Crippen LogP contribution in [-0.4, -0.2) is 4.98 Å². The number of rotatable bonds is 0. The van der Waals surface area contributed by atoms with Gasteiger partial charge in [0.25, 0.3) is 0 Å². The Morgan fingerprint density at radius 1 is 1.45 bits per heavy atom. The van der Waals surface area contributed by atoms with Crippen LogP contribution in [0.3, 0.4) is 0 Å². The maximum absolute atomic E-state index is 11.8. The van der Waals surface area contributed by atoms with E-state index in [0.29, 0.717) is 0 Å². The molecule has 1 aromatic heterocycles. The zero-order valence-corrected chi connectivity index (χ0v) is 5.87. The molecule has 0 bridgehead atoms. The molecule has 1 heterocycles. The van der Waals surface area contributed by atoms with Crippen LogP contribution < -0.4 is 0 Å². The summed E-state index contributed by atoms with van der Waals surface area (Å²) in [5, 5.41) is -0.0904. The lowest BCUT2D eigenvalue weighted by molar-refractivity contribution is -0.141. The first kappa shape index (κ1) is 8.33. The third-order valence-corrected chi connectivity index (χ3v) is 1.15. The Morgan fingerprint density at radius 3 is 2.45 bits per heavy atom. The van der Waals surface area contributed by atoms with Gasteiger partial charge in [-0.1, -0.05) is 11.6 Å². The Hall–Kier alpha value is -0.770. The molecule has 0 saturated carbocycles. The topological polar surface area (TPSA) is 12.9 Å². The van der Waals surface area contributed by atoms with Crippen LogP contribution in [0.25, 0.3) is 0 Å². The van der Waals surface area contributed by atoms with E-state index >= 15 is 0 Å². The largest absolute Gasteiger partial charge is 0.434 e. The first-order chi connectivity index (χ1) is 5.00. The molecule has 0 amide bonds. The maximum Gasteiger partial charge on any atom is 0.434 e. The third kappa shape index (κ3) is 2.08. The summed E-state index contributed by atoms with van der Waals surface area (Å²) in [6.45, 7) is 0. The van der Waals surface area contributed by atoms with Gasteiger partial charge in [-0.05, 0) is 6.07 Å². The fourth-order valence-corrected chi connectivity index (χ4v) is 0.654. The lowest BCUT2D eigenvalue weighted by Crippen LogP contribution is -2.07. The molecule has 1 nitrogen and oxygen atoms in total. The highest BCUT2D eigenvalue weighted by atomic mass is 35.5. The van der Waals surface area contributed by atoms with E-state index in [-0.39, 0.29) is 5.02 Å². The van der Waals surface area contributed by atoms with Crippen molar-refractivity contribution in [2.24, 2.45) is 0 Å². The summed E-state index contributed by atoms with van der Waals surface area (Å²) in [6.07, 6.45) is -3.48. The second-order valence-electron chi connectivity index (χ2n) is 1.76. The normalized spacial score (nSPS) is 11.6. The Labute approximate surface area is 65.8 Å². The predicted molar refractivity (Wildman–Crippen MR) is 33.1 cm³/mol. The average Bonchev–Trinajstić information content (AvgIpc) is 1.86. The number of hydrogen-bond acceptors (Lipinski definition) is 1. The third-order valence-electron chi connectivity index (χ3n) is 0.931. The second-order valence-corrected chi connectivity index (χ2v) is 2.17. The van der Waals surface area contributed by atoms with Crippen LogP contribution in [-0.2, 0) is 6.18 Å². The Kier molecular flexibility index (Phi) is 2.04. The number of halogens is 4. The molecule has 0 atom stereocenters. The van der Waals surface area contributed by atoms with Gasteiger partial charge in [0.15, 0.2) is 5.69 Å². The highest BCUT2D eigenvalue weighted by Gasteiger charge is 2.32. The first-order valence-electron chi connectivity index (χ1n) is 2.61.